The summed E-state index contributed by atoms with van der Waals surface area (Å²) in [4.78, 5) is 13.0. The van der Waals surface area contributed by atoms with E-state index in [1.807, 2.05) is 18.2 Å². The second-order valence-corrected chi connectivity index (χ2v) is 6.99. The molecule has 0 saturated carbocycles. The van der Waals surface area contributed by atoms with Crippen LogP contribution in [0, 0.1) is 5.41 Å². The summed E-state index contributed by atoms with van der Waals surface area (Å²) in [5.41, 5.74) is 3.70. The molecule has 0 radical (unpaired) electrons. The fourth-order valence-corrected chi connectivity index (χ4v) is 4.52. The van der Waals surface area contributed by atoms with Gasteiger partial charge in [0.05, 0.1) is 11.6 Å². The fraction of sp³-hybridized carbons (Fsp3) is 0.278. The molecule has 2 aromatic carbocycles. The van der Waals surface area contributed by atoms with Crippen LogP contribution < -0.4 is 4.74 Å². The molecule has 0 bridgehead atoms. The minimum Gasteiger partial charge on any atom is -0.508 e. The molecular weight excluding hydrogens is 344 g/mol. The molecule has 2 aromatic rings. The van der Waals surface area contributed by atoms with Gasteiger partial charge in [-0.15, -0.1) is 0 Å². The quantitative estimate of drug-likeness (QED) is 0.845. The van der Waals surface area contributed by atoms with Crippen molar-refractivity contribution in [2.75, 3.05) is 7.11 Å². The first-order valence-corrected chi connectivity index (χ1v) is 8.04. The third-order valence-electron chi connectivity index (χ3n) is 4.92. The molecule has 1 spiro atoms. The van der Waals surface area contributed by atoms with Crippen LogP contribution in [0.4, 0.5) is 0 Å². The highest BCUT2D eigenvalue weighted by atomic mass is 79.9. The van der Waals surface area contributed by atoms with Gasteiger partial charge in [0, 0.05) is 11.0 Å². The molecule has 0 fully saturated rings. The second kappa shape index (κ2) is 4.59. The number of methoxy groups -OCH3 is 1. The Hall–Kier alpha value is -1.81. The summed E-state index contributed by atoms with van der Waals surface area (Å²) in [7, 11) is 1.63. The molecule has 1 N–H and O–H groups in total. The molecule has 112 valence electrons. The normalized spacial score (nSPS) is 22.0. The van der Waals surface area contributed by atoms with Crippen molar-refractivity contribution in [2.24, 2.45) is 5.41 Å². The van der Waals surface area contributed by atoms with Gasteiger partial charge in [0.2, 0.25) is 0 Å². The molecule has 4 heteroatoms. The van der Waals surface area contributed by atoms with Crippen molar-refractivity contribution in [1.82, 2.24) is 0 Å². The molecule has 1 atom stereocenters. The van der Waals surface area contributed by atoms with Gasteiger partial charge in [0.1, 0.15) is 11.5 Å². The number of halogens is 1. The first-order chi connectivity index (χ1) is 10.5. The van der Waals surface area contributed by atoms with E-state index in [0.29, 0.717) is 12.8 Å². The van der Waals surface area contributed by atoms with E-state index in [4.69, 9.17) is 4.74 Å². The first-order valence-electron chi connectivity index (χ1n) is 7.25. The second-order valence-electron chi connectivity index (χ2n) is 6.20. The van der Waals surface area contributed by atoms with Crippen molar-refractivity contribution < 1.29 is 14.6 Å². The SMILES string of the molecule is COc1ccc2c(c1Br)CC1(Cc3ccc(O)cc3C1)C2=O. The van der Waals surface area contributed by atoms with Crippen molar-refractivity contribution in [3.63, 3.8) is 0 Å². The van der Waals surface area contributed by atoms with E-state index in [1.165, 1.54) is 5.56 Å². The molecule has 4 rings (SSSR count). The van der Waals surface area contributed by atoms with Crippen LogP contribution in [0.1, 0.15) is 27.0 Å². The predicted molar refractivity (Wildman–Crippen MR) is 86.7 cm³/mol. The highest BCUT2D eigenvalue weighted by Gasteiger charge is 2.49. The Kier molecular flexibility index (Phi) is 2.89. The van der Waals surface area contributed by atoms with Crippen LogP contribution in [0.25, 0.3) is 0 Å². The summed E-state index contributed by atoms with van der Waals surface area (Å²) in [5, 5.41) is 9.67. The number of ketones is 1. The highest BCUT2D eigenvalue weighted by Crippen LogP contribution is 2.50. The van der Waals surface area contributed by atoms with Crippen LogP contribution in [0.15, 0.2) is 34.8 Å². The zero-order chi connectivity index (χ0) is 15.5. The number of rotatable bonds is 1. The lowest BCUT2D eigenvalue weighted by Gasteiger charge is -2.20. The topological polar surface area (TPSA) is 46.5 Å². The summed E-state index contributed by atoms with van der Waals surface area (Å²) in [6.07, 6.45) is 2.15. The molecule has 2 aliphatic rings. The smallest absolute Gasteiger partial charge is 0.170 e. The van der Waals surface area contributed by atoms with Crippen LogP contribution in [0.3, 0.4) is 0 Å². The number of phenols is 1. The van der Waals surface area contributed by atoms with Gasteiger partial charge in [0.25, 0.3) is 0 Å². The Balaban J connectivity index is 1.78. The van der Waals surface area contributed by atoms with Gasteiger partial charge >= 0.3 is 0 Å². The molecular formula is C18H15BrO3. The Morgan fingerprint density at radius 3 is 2.68 bits per heavy atom. The number of hydrogen-bond donors (Lipinski definition) is 1. The Bertz CT molecular complexity index is 812. The zero-order valence-electron chi connectivity index (χ0n) is 12.1. The summed E-state index contributed by atoms with van der Waals surface area (Å²) in [6.45, 7) is 0. The lowest BCUT2D eigenvalue weighted by atomic mass is 9.81. The zero-order valence-corrected chi connectivity index (χ0v) is 13.7. The Morgan fingerprint density at radius 2 is 1.91 bits per heavy atom. The van der Waals surface area contributed by atoms with Crippen molar-refractivity contribution in [3.05, 3.63) is 57.1 Å². The number of phenolic OH excluding ortho intramolecular Hbond substituents is 1. The van der Waals surface area contributed by atoms with Gasteiger partial charge in [-0.25, -0.2) is 0 Å². The monoisotopic (exact) mass is 358 g/mol. The summed E-state index contributed by atoms with van der Waals surface area (Å²) in [6, 6.07) is 9.13. The van der Waals surface area contributed by atoms with Gasteiger partial charge < -0.3 is 9.84 Å². The maximum absolute atomic E-state index is 13.0. The number of ether oxygens (including phenoxy) is 1. The molecule has 2 aliphatic carbocycles. The van der Waals surface area contributed by atoms with Crippen LogP contribution >= 0.6 is 15.9 Å². The molecule has 3 nitrogen and oxygen atoms in total. The van der Waals surface area contributed by atoms with E-state index in [2.05, 4.69) is 15.9 Å². The minimum absolute atomic E-state index is 0.210. The standard InChI is InChI=1S/C18H15BrO3/c1-22-15-5-4-13-14(16(15)19)9-18(17(13)21)7-10-2-3-12(20)6-11(10)8-18/h2-6,20H,7-9H2,1H3. The van der Waals surface area contributed by atoms with Gasteiger partial charge in [0.15, 0.2) is 5.78 Å². The van der Waals surface area contributed by atoms with Crippen LogP contribution in [-0.2, 0) is 19.3 Å². The predicted octanol–water partition coefficient (Wildman–Crippen LogP) is 3.69. The van der Waals surface area contributed by atoms with Crippen molar-refractivity contribution in [1.29, 1.82) is 0 Å². The number of hydrogen-bond acceptors (Lipinski definition) is 3. The van der Waals surface area contributed by atoms with E-state index in [-0.39, 0.29) is 11.5 Å². The van der Waals surface area contributed by atoms with Crippen molar-refractivity contribution in [2.45, 2.75) is 19.3 Å². The van der Waals surface area contributed by atoms with E-state index in [9.17, 15) is 9.90 Å². The van der Waals surface area contributed by atoms with Gasteiger partial charge in [-0.2, -0.15) is 0 Å². The van der Waals surface area contributed by atoms with E-state index in [1.54, 1.807) is 19.2 Å². The molecule has 0 amide bonds. The number of carbonyl (C=O) groups excluding carboxylic acids is 1. The number of fused-ring (bicyclic) bond motifs is 2. The third-order valence-corrected chi connectivity index (χ3v) is 5.79. The lowest BCUT2D eigenvalue weighted by molar-refractivity contribution is 0.0831. The first kappa shape index (κ1) is 13.8. The summed E-state index contributed by atoms with van der Waals surface area (Å²) < 4.78 is 6.23. The molecule has 0 saturated heterocycles. The van der Waals surface area contributed by atoms with Crippen molar-refractivity contribution in [3.8, 4) is 11.5 Å². The Morgan fingerprint density at radius 1 is 1.14 bits per heavy atom. The maximum atomic E-state index is 13.0. The summed E-state index contributed by atoms with van der Waals surface area (Å²) in [5.74, 6) is 1.24. The number of carbonyl (C=O) groups is 1. The molecule has 0 heterocycles. The summed E-state index contributed by atoms with van der Waals surface area (Å²) >= 11 is 3.58. The van der Waals surface area contributed by atoms with E-state index >= 15 is 0 Å². The van der Waals surface area contributed by atoms with Crippen molar-refractivity contribution >= 4 is 21.7 Å². The van der Waals surface area contributed by atoms with E-state index < -0.39 is 5.41 Å². The maximum Gasteiger partial charge on any atom is 0.170 e. The van der Waals surface area contributed by atoms with Gasteiger partial charge in [-0.1, -0.05) is 6.07 Å². The largest absolute Gasteiger partial charge is 0.508 e. The molecule has 1 unspecified atom stereocenters. The highest BCUT2D eigenvalue weighted by molar-refractivity contribution is 9.10. The fourth-order valence-electron chi connectivity index (χ4n) is 3.87. The minimum atomic E-state index is -0.395. The average Bonchev–Trinajstić information content (AvgIpc) is 2.99. The van der Waals surface area contributed by atoms with Gasteiger partial charge in [-0.05, 0) is 76.1 Å². The lowest BCUT2D eigenvalue weighted by Crippen LogP contribution is -2.28. The van der Waals surface area contributed by atoms with E-state index in [0.717, 1.165) is 33.3 Å². The average molecular weight is 359 g/mol. The molecule has 22 heavy (non-hydrogen) atoms. The Labute approximate surface area is 137 Å². The number of Topliss-reactive ketones (excluding diaryl/α,β-unsaturated/α-hetero) is 1. The number of benzene rings is 2. The van der Waals surface area contributed by atoms with Crippen LogP contribution in [-0.4, -0.2) is 18.0 Å². The third kappa shape index (κ3) is 1.76. The molecule has 0 aromatic heterocycles. The number of aromatic hydroxyl groups is 1. The van der Waals surface area contributed by atoms with Gasteiger partial charge in [-0.3, -0.25) is 4.79 Å². The van der Waals surface area contributed by atoms with Crippen LogP contribution in [0.5, 0.6) is 11.5 Å². The van der Waals surface area contributed by atoms with Crippen LogP contribution in [0.2, 0.25) is 0 Å². The molecule has 0 aliphatic heterocycles.